The van der Waals surface area contributed by atoms with Crippen LogP contribution in [0.1, 0.15) is 43.4 Å². The number of alkyl halides is 3. The van der Waals surface area contributed by atoms with Gasteiger partial charge in [0.1, 0.15) is 0 Å². The van der Waals surface area contributed by atoms with Gasteiger partial charge in [-0.25, -0.2) is 4.84 Å². The van der Waals surface area contributed by atoms with E-state index in [0.717, 1.165) is 25.7 Å². The normalized spacial score (nSPS) is 25.3. The first-order valence-electron chi connectivity index (χ1n) is 5.74. The SMILES string of the molecule is FC(F)(F)c1nnc(C2CCC(CNCl)CC2)o1. The molecule has 0 amide bonds. The zero-order valence-electron chi connectivity index (χ0n) is 9.50. The number of hydrogen-bond donors (Lipinski definition) is 1. The number of halogens is 4. The van der Waals surface area contributed by atoms with Gasteiger partial charge in [-0.15, -0.1) is 10.2 Å². The van der Waals surface area contributed by atoms with Gasteiger partial charge in [0.15, 0.2) is 0 Å². The highest BCUT2D eigenvalue weighted by molar-refractivity contribution is 6.13. The first-order valence-corrected chi connectivity index (χ1v) is 6.12. The van der Waals surface area contributed by atoms with Gasteiger partial charge in [-0.05, 0) is 43.4 Å². The second-order valence-corrected chi connectivity index (χ2v) is 4.77. The summed E-state index contributed by atoms with van der Waals surface area (Å²) in [5.41, 5.74) is 0. The van der Waals surface area contributed by atoms with Crippen molar-refractivity contribution in [3.63, 3.8) is 0 Å². The maximum atomic E-state index is 12.3. The van der Waals surface area contributed by atoms with Gasteiger partial charge in [0, 0.05) is 12.5 Å². The van der Waals surface area contributed by atoms with Crippen molar-refractivity contribution in [3.05, 3.63) is 11.8 Å². The van der Waals surface area contributed by atoms with Crippen molar-refractivity contribution >= 4 is 11.8 Å². The fourth-order valence-electron chi connectivity index (χ4n) is 2.24. The van der Waals surface area contributed by atoms with Gasteiger partial charge < -0.3 is 4.42 Å². The maximum Gasteiger partial charge on any atom is 0.470 e. The van der Waals surface area contributed by atoms with Gasteiger partial charge in [-0.3, -0.25) is 0 Å². The average molecular weight is 284 g/mol. The zero-order valence-corrected chi connectivity index (χ0v) is 10.3. The molecule has 0 radical (unpaired) electrons. The topological polar surface area (TPSA) is 51.0 Å². The minimum Gasteiger partial charge on any atom is -0.417 e. The third-order valence-electron chi connectivity index (χ3n) is 3.24. The molecule has 1 aliphatic rings. The quantitative estimate of drug-likeness (QED) is 0.866. The molecule has 1 aromatic rings. The third kappa shape index (κ3) is 3.14. The predicted molar refractivity (Wildman–Crippen MR) is 57.9 cm³/mol. The van der Waals surface area contributed by atoms with Crippen LogP contribution in [0.15, 0.2) is 4.42 Å². The molecule has 1 aromatic heterocycles. The number of rotatable bonds is 3. The fraction of sp³-hybridized carbons (Fsp3) is 0.800. The molecule has 0 aromatic carbocycles. The van der Waals surface area contributed by atoms with Crippen LogP contribution in [0.2, 0.25) is 0 Å². The molecule has 0 atom stereocenters. The Hall–Kier alpha value is -0.820. The van der Waals surface area contributed by atoms with Crippen LogP contribution in [0.3, 0.4) is 0 Å². The molecule has 1 aliphatic carbocycles. The zero-order chi connectivity index (χ0) is 13.2. The van der Waals surface area contributed by atoms with E-state index in [-0.39, 0.29) is 11.8 Å². The molecule has 8 heteroatoms. The summed E-state index contributed by atoms with van der Waals surface area (Å²) >= 11 is 5.43. The Bertz CT molecular complexity index is 388. The lowest BCUT2D eigenvalue weighted by Crippen LogP contribution is -2.21. The van der Waals surface area contributed by atoms with E-state index in [1.807, 2.05) is 0 Å². The van der Waals surface area contributed by atoms with E-state index in [1.165, 1.54) is 0 Å². The Labute approximate surface area is 107 Å². The molecule has 0 unspecified atom stereocenters. The van der Waals surface area contributed by atoms with Crippen molar-refractivity contribution < 1.29 is 17.6 Å². The molecule has 1 saturated carbocycles. The molecule has 1 fully saturated rings. The molecule has 1 N–H and O–H groups in total. The van der Waals surface area contributed by atoms with E-state index >= 15 is 0 Å². The van der Waals surface area contributed by atoms with Crippen LogP contribution in [0.25, 0.3) is 0 Å². The lowest BCUT2D eigenvalue weighted by atomic mass is 9.82. The molecule has 4 nitrogen and oxygen atoms in total. The summed E-state index contributed by atoms with van der Waals surface area (Å²) in [6.07, 6.45) is -1.27. The van der Waals surface area contributed by atoms with Crippen molar-refractivity contribution in [1.29, 1.82) is 0 Å². The van der Waals surface area contributed by atoms with Crippen LogP contribution >= 0.6 is 11.8 Å². The molecule has 2 rings (SSSR count). The number of nitrogens with one attached hydrogen (secondary N) is 1. The van der Waals surface area contributed by atoms with E-state index in [2.05, 4.69) is 15.0 Å². The Kier molecular flexibility index (Phi) is 4.11. The van der Waals surface area contributed by atoms with E-state index in [0.29, 0.717) is 12.5 Å². The number of nitrogens with zero attached hydrogens (tertiary/aromatic N) is 2. The van der Waals surface area contributed by atoms with Crippen LogP contribution in [-0.4, -0.2) is 16.7 Å². The first-order chi connectivity index (χ1) is 8.50. The fourth-order valence-corrected chi connectivity index (χ4v) is 2.45. The monoisotopic (exact) mass is 283 g/mol. The highest BCUT2D eigenvalue weighted by atomic mass is 35.5. The largest absolute Gasteiger partial charge is 0.470 e. The lowest BCUT2D eigenvalue weighted by molar-refractivity contribution is -0.157. The smallest absolute Gasteiger partial charge is 0.417 e. The van der Waals surface area contributed by atoms with Crippen molar-refractivity contribution in [2.45, 2.75) is 37.8 Å². The minimum atomic E-state index is -4.56. The second kappa shape index (κ2) is 5.44. The molecule has 18 heavy (non-hydrogen) atoms. The maximum absolute atomic E-state index is 12.3. The summed E-state index contributed by atoms with van der Waals surface area (Å²) in [7, 11) is 0. The molecule has 102 valence electrons. The van der Waals surface area contributed by atoms with Crippen LogP contribution < -0.4 is 4.84 Å². The van der Waals surface area contributed by atoms with Crippen LogP contribution in [-0.2, 0) is 6.18 Å². The van der Waals surface area contributed by atoms with Crippen LogP contribution in [0, 0.1) is 5.92 Å². The van der Waals surface area contributed by atoms with E-state index in [1.54, 1.807) is 0 Å². The molecule has 0 saturated heterocycles. The summed E-state index contributed by atoms with van der Waals surface area (Å²) in [5.74, 6) is -0.773. The molecular weight excluding hydrogens is 271 g/mol. The minimum absolute atomic E-state index is 0.0693. The summed E-state index contributed by atoms with van der Waals surface area (Å²) in [6.45, 7) is 0.714. The molecule has 0 aliphatic heterocycles. The Morgan fingerprint density at radius 1 is 1.22 bits per heavy atom. The van der Waals surface area contributed by atoms with E-state index in [4.69, 9.17) is 16.2 Å². The molecule has 1 heterocycles. The van der Waals surface area contributed by atoms with Gasteiger partial charge >= 0.3 is 12.1 Å². The first kappa shape index (κ1) is 13.6. The average Bonchev–Trinajstić information content (AvgIpc) is 2.79. The number of aromatic nitrogens is 2. The van der Waals surface area contributed by atoms with E-state index in [9.17, 15) is 13.2 Å². The highest BCUT2D eigenvalue weighted by Crippen LogP contribution is 2.36. The Morgan fingerprint density at radius 2 is 1.89 bits per heavy atom. The summed E-state index contributed by atoms with van der Waals surface area (Å²) in [5, 5.41) is 6.54. The van der Waals surface area contributed by atoms with Crippen molar-refractivity contribution in [2.75, 3.05) is 6.54 Å². The standard InChI is InChI=1S/C10H13ClF3N3O/c11-15-5-6-1-3-7(4-2-6)8-16-17-9(18-8)10(12,13)14/h6-7,15H,1-5H2. The van der Waals surface area contributed by atoms with Crippen molar-refractivity contribution in [2.24, 2.45) is 5.92 Å². The Morgan fingerprint density at radius 3 is 2.39 bits per heavy atom. The van der Waals surface area contributed by atoms with Gasteiger partial charge in [0.2, 0.25) is 5.89 Å². The van der Waals surface area contributed by atoms with Crippen molar-refractivity contribution in [3.8, 4) is 0 Å². The second-order valence-electron chi connectivity index (χ2n) is 4.50. The third-order valence-corrected chi connectivity index (χ3v) is 3.40. The summed E-state index contributed by atoms with van der Waals surface area (Å²) < 4.78 is 41.6. The van der Waals surface area contributed by atoms with Crippen molar-refractivity contribution in [1.82, 2.24) is 15.0 Å². The van der Waals surface area contributed by atoms with Gasteiger partial charge in [0.25, 0.3) is 0 Å². The van der Waals surface area contributed by atoms with Crippen LogP contribution in [0.4, 0.5) is 13.2 Å². The number of hydrogen-bond acceptors (Lipinski definition) is 4. The molecule has 0 spiro atoms. The molecular formula is C10H13ClF3N3O. The van der Waals surface area contributed by atoms with Gasteiger partial charge in [-0.1, -0.05) is 0 Å². The predicted octanol–water partition coefficient (Wildman–Crippen LogP) is 3.11. The van der Waals surface area contributed by atoms with E-state index < -0.39 is 12.1 Å². The van der Waals surface area contributed by atoms with Crippen LogP contribution in [0.5, 0.6) is 0 Å². The Balaban J connectivity index is 1.95. The highest BCUT2D eigenvalue weighted by Gasteiger charge is 2.39. The lowest BCUT2D eigenvalue weighted by Gasteiger charge is -2.25. The molecule has 0 bridgehead atoms. The summed E-state index contributed by atoms with van der Waals surface area (Å²) in [4.78, 5) is 2.59. The van der Waals surface area contributed by atoms with Gasteiger partial charge in [0.05, 0.1) is 0 Å². The van der Waals surface area contributed by atoms with Gasteiger partial charge in [-0.2, -0.15) is 13.2 Å². The summed E-state index contributed by atoms with van der Waals surface area (Å²) in [6, 6.07) is 0.